The molecule has 0 aromatic heterocycles. The van der Waals surface area contributed by atoms with E-state index in [1.54, 1.807) is 0 Å². The number of rotatable bonds is 2. The SMILES string of the molecule is N#CCNc1ccc(I)cc1Cl. The van der Waals surface area contributed by atoms with Gasteiger partial charge in [0.2, 0.25) is 0 Å². The summed E-state index contributed by atoms with van der Waals surface area (Å²) in [4.78, 5) is 0. The molecular formula is C8H6ClIN2. The lowest BCUT2D eigenvalue weighted by Gasteiger charge is -2.03. The van der Waals surface area contributed by atoms with E-state index in [-0.39, 0.29) is 6.54 Å². The number of halogens is 2. The first-order chi connectivity index (χ1) is 5.74. The molecule has 0 atom stereocenters. The maximum Gasteiger partial charge on any atom is 0.103 e. The first-order valence-corrected chi connectivity index (χ1v) is 4.75. The maximum atomic E-state index is 8.32. The number of anilines is 1. The zero-order valence-corrected chi connectivity index (χ0v) is 9.06. The van der Waals surface area contributed by atoms with Crippen molar-refractivity contribution < 1.29 is 0 Å². The van der Waals surface area contributed by atoms with Crippen LogP contribution in [0.4, 0.5) is 5.69 Å². The molecule has 0 spiro atoms. The molecular weight excluding hydrogens is 286 g/mol. The smallest absolute Gasteiger partial charge is 0.103 e. The molecule has 62 valence electrons. The molecule has 0 aliphatic heterocycles. The van der Waals surface area contributed by atoms with Crippen LogP contribution in [0.15, 0.2) is 18.2 Å². The van der Waals surface area contributed by atoms with Crippen LogP contribution in [0.1, 0.15) is 0 Å². The molecule has 1 aromatic carbocycles. The Morgan fingerprint density at radius 2 is 2.33 bits per heavy atom. The highest BCUT2D eigenvalue weighted by molar-refractivity contribution is 14.1. The molecule has 0 radical (unpaired) electrons. The summed E-state index contributed by atoms with van der Waals surface area (Å²) in [7, 11) is 0. The Morgan fingerprint density at radius 3 is 2.92 bits per heavy atom. The highest BCUT2D eigenvalue weighted by atomic mass is 127. The van der Waals surface area contributed by atoms with E-state index < -0.39 is 0 Å². The molecule has 0 unspecified atom stereocenters. The Morgan fingerprint density at radius 1 is 1.58 bits per heavy atom. The van der Waals surface area contributed by atoms with Gasteiger partial charge in [0.1, 0.15) is 6.54 Å². The summed E-state index contributed by atoms with van der Waals surface area (Å²) in [5, 5.41) is 11.9. The number of hydrogen-bond donors (Lipinski definition) is 1. The second-order valence-corrected chi connectivity index (χ2v) is 3.79. The Bertz CT molecular complexity index is 319. The molecule has 1 N–H and O–H groups in total. The van der Waals surface area contributed by atoms with E-state index in [4.69, 9.17) is 16.9 Å². The van der Waals surface area contributed by atoms with Gasteiger partial charge in [-0.25, -0.2) is 0 Å². The van der Waals surface area contributed by atoms with Crippen LogP contribution in [0.25, 0.3) is 0 Å². The van der Waals surface area contributed by atoms with Crippen LogP contribution in [0.3, 0.4) is 0 Å². The van der Waals surface area contributed by atoms with Crippen LogP contribution in [0, 0.1) is 14.9 Å². The lowest BCUT2D eigenvalue weighted by Crippen LogP contribution is -1.98. The van der Waals surface area contributed by atoms with Crippen molar-refractivity contribution in [2.75, 3.05) is 11.9 Å². The molecule has 0 saturated heterocycles. The monoisotopic (exact) mass is 292 g/mol. The van der Waals surface area contributed by atoms with E-state index in [0.29, 0.717) is 5.02 Å². The number of benzene rings is 1. The quantitative estimate of drug-likeness (QED) is 0.672. The van der Waals surface area contributed by atoms with Crippen LogP contribution in [0.2, 0.25) is 5.02 Å². The predicted molar refractivity (Wildman–Crippen MR) is 58.3 cm³/mol. The van der Waals surface area contributed by atoms with Crippen molar-refractivity contribution in [1.82, 2.24) is 0 Å². The Balaban J connectivity index is 2.81. The van der Waals surface area contributed by atoms with Crippen LogP contribution in [-0.2, 0) is 0 Å². The van der Waals surface area contributed by atoms with Crippen molar-refractivity contribution in [3.63, 3.8) is 0 Å². The van der Waals surface area contributed by atoms with E-state index in [1.807, 2.05) is 24.3 Å². The van der Waals surface area contributed by atoms with Crippen molar-refractivity contribution in [3.05, 3.63) is 26.8 Å². The molecule has 1 aromatic rings. The molecule has 2 nitrogen and oxygen atoms in total. The van der Waals surface area contributed by atoms with Crippen molar-refractivity contribution in [1.29, 1.82) is 5.26 Å². The minimum atomic E-state index is 0.278. The van der Waals surface area contributed by atoms with Gasteiger partial charge in [0.15, 0.2) is 0 Å². The first kappa shape index (κ1) is 9.62. The molecule has 4 heteroatoms. The molecule has 0 aliphatic carbocycles. The minimum absolute atomic E-state index is 0.278. The number of nitrogens with zero attached hydrogens (tertiary/aromatic N) is 1. The molecule has 12 heavy (non-hydrogen) atoms. The Labute approximate surface area is 89.7 Å². The second kappa shape index (κ2) is 4.53. The summed E-state index contributed by atoms with van der Waals surface area (Å²) >= 11 is 8.07. The number of nitriles is 1. The van der Waals surface area contributed by atoms with E-state index in [9.17, 15) is 0 Å². The normalized spacial score (nSPS) is 9.08. The van der Waals surface area contributed by atoms with Gasteiger partial charge in [-0.15, -0.1) is 0 Å². The molecule has 0 heterocycles. The number of nitrogens with one attached hydrogen (secondary N) is 1. The van der Waals surface area contributed by atoms with Crippen LogP contribution < -0.4 is 5.32 Å². The van der Waals surface area contributed by atoms with E-state index in [1.165, 1.54) is 0 Å². The van der Waals surface area contributed by atoms with Gasteiger partial charge in [0.25, 0.3) is 0 Å². The van der Waals surface area contributed by atoms with Crippen molar-refractivity contribution in [3.8, 4) is 6.07 Å². The molecule has 0 saturated carbocycles. The molecule has 0 aliphatic rings. The summed E-state index contributed by atoms with van der Waals surface area (Å²) in [6.45, 7) is 0.278. The molecule has 0 bridgehead atoms. The average molecular weight is 293 g/mol. The lowest BCUT2D eigenvalue weighted by atomic mass is 10.3. The number of hydrogen-bond acceptors (Lipinski definition) is 2. The summed E-state index contributed by atoms with van der Waals surface area (Å²) < 4.78 is 1.08. The van der Waals surface area contributed by atoms with Gasteiger partial charge in [0.05, 0.1) is 16.8 Å². The fourth-order valence-corrected chi connectivity index (χ4v) is 1.69. The predicted octanol–water partition coefficient (Wildman–Crippen LogP) is 2.88. The van der Waals surface area contributed by atoms with E-state index in [0.717, 1.165) is 9.26 Å². The summed E-state index contributed by atoms with van der Waals surface area (Å²) in [5.74, 6) is 0. The van der Waals surface area contributed by atoms with Crippen molar-refractivity contribution in [2.24, 2.45) is 0 Å². The zero-order chi connectivity index (χ0) is 8.97. The first-order valence-electron chi connectivity index (χ1n) is 3.30. The van der Waals surface area contributed by atoms with Gasteiger partial charge in [-0.05, 0) is 40.8 Å². The van der Waals surface area contributed by atoms with Crippen LogP contribution in [0.5, 0.6) is 0 Å². The average Bonchev–Trinajstić information content (AvgIpc) is 2.03. The van der Waals surface area contributed by atoms with Gasteiger partial charge >= 0.3 is 0 Å². The minimum Gasteiger partial charge on any atom is -0.371 e. The third-order valence-corrected chi connectivity index (χ3v) is 2.27. The van der Waals surface area contributed by atoms with E-state index >= 15 is 0 Å². The second-order valence-electron chi connectivity index (χ2n) is 2.14. The summed E-state index contributed by atoms with van der Waals surface area (Å²) in [6, 6.07) is 7.63. The molecule has 1 rings (SSSR count). The maximum absolute atomic E-state index is 8.32. The molecule has 0 amide bonds. The Kier molecular flexibility index (Phi) is 3.63. The fraction of sp³-hybridized carbons (Fsp3) is 0.125. The van der Waals surface area contributed by atoms with Crippen LogP contribution >= 0.6 is 34.2 Å². The van der Waals surface area contributed by atoms with Gasteiger partial charge in [-0.2, -0.15) is 5.26 Å². The zero-order valence-electron chi connectivity index (χ0n) is 6.14. The third-order valence-electron chi connectivity index (χ3n) is 1.29. The topological polar surface area (TPSA) is 35.8 Å². The van der Waals surface area contributed by atoms with Gasteiger partial charge in [0, 0.05) is 3.57 Å². The fourth-order valence-electron chi connectivity index (χ4n) is 0.768. The summed E-state index contributed by atoms with van der Waals surface area (Å²) in [5.41, 5.74) is 0.804. The van der Waals surface area contributed by atoms with Crippen LogP contribution in [-0.4, -0.2) is 6.54 Å². The lowest BCUT2D eigenvalue weighted by molar-refractivity contribution is 1.32. The highest BCUT2D eigenvalue weighted by Crippen LogP contribution is 2.23. The largest absolute Gasteiger partial charge is 0.371 e. The third kappa shape index (κ3) is 2.54. The summed E-state index contributed by atoms with van der Waals surface area (Å²) in [6.07, 6.45) is 0. The van der Waals surface area contributed by atoms with E-state index in [2.05, 4.69) is 27.9 Å². The van der Waals surface area contributed by atoms with Gasteiger partial charge < -0.3 is 5.32 Å². The highest BCUT2D eigenvalue weighted by Gasteiger charge is 1.98. The Hall–Kier alpha value is -0.470. The van der Waals surface area contributed by atoms with Gasteiger partial charge in [-0.3, -0.25) is 0 Å². The standard InChI is InChI=1S/C8H6ClIN2/c9-7-5-6(10)1-2-8(7)12-4-3-11/h1-2,5,12H,4H2. The van der Waals surface area contributed by atoms with Crippen molar-refractivity contribution in [2.45, 2.75) is 0 Å². The van der Waals surface area contributed by atoms with Crippen molar-refractivity contribution >= 4 is 39.9 Å². The molecule has 0 fully saturated rings. The van der Waals surface area contributed by atoms with Gasteiger partial charge in [-0.1, -0.05) is 11.6 Å².